The van der Waals surface area contributed by atoms with Crippen LogP contribution in [0.25, 0.3) is 0 Å². The highest BCUT2D eigenvalue weighted by Crippen LogP contribution is 2.34. The van der Waals surface area contributed by atoms with E-state index in [9.17, 15) is 4.79 Å². The summed E-state index contributed by atoms with van der Waals surface area (Å²) in [5, 5.41) is 11.9. The van der Waals surface area contributed by atoms with E-state index >= 15 is 0 Å². The van der Waals surface area contributed by atoms with E-state index in [0.717, 1.165) is 24.1 Å². The molecule has 0 saturated heterocycles. The number of amides is 1. The first kappa shape index (κ1) is 11.1. The fourth-order valence-electron chi connectivity index (χ4n) is 1.54. The molecule has 4 heteroatoms. The maximum Gasteiger partial charge on any atom is 0.270 e. The molecule has 0 aliphatic heterocycles. The van der Waals surface area contributed by atoms with Gasteiger partial charge in [-0.25, -0.2) is 4.98 Å². The minimum atomic E-state index is -0.377. The van der Waals surface area contributed by atoms with Gasteiger partial charge in [-0.05, 0) is 38.3 Å². The van der Waals surface area contributed by atoms with Crippen LogP contribution in [0.3, 0.4) is 0 Å². The Morgan fingerprint density at radius 2 is 2.19 bits per heavy atom. The summed E-state index contributed by atoms with van der Waals surface area (Å²) in [5.41, 5.74) is 1.97. The van der Waals surface area contributed by atoms with E-state index < -0.39 is 0 Å². The van der Waals surface area contributed by atoms with Gasteiger partial charge in [-0.3, -0.25) is 4.79 Å². The number of aryl methyl sites for hydroxylation is 2. The lowest BCUT2D eigenvalue weighted by Gasteiger charge is -2.14. The van der Waals surface area contributed by atoms with Gasteiger partial charge in [0.2, 0.25) is 0 Å². The van der Waals surface area contributed by atoms with Crippen molar-refractivity contribution in [2.45, 2.75) is 32.2 Å². The topological polar surface area (TPSA) is 62.2 Å². The molecule has 0 spiro atoms. The molecule has 1 aromatic rings. The Morgan fingerprint density at radius 3 is 2.69 bits per heavy atom. The van der Waals surface area contributed by atoms with Gasteiger partial charge in [0.05, 0.1) is 12.1 Å². The van der Waals surface area contributed by atoms with Crippen molar-refractivity contribution in [2.75, 3.05) is 6.61 Å². The van der Waals surface area contributed by atoms with E-state index in [1.165, 1.54) is 0 Å². The SMILES string of the molecule is Cc1ccc(C(=O)NC2(CO)CC2)nc1C. The van der Waals surface area contributed by atoms with E-state index in [4.69, 9.17) is 5.11 Å². The molecule has 1 aliphatic rings. The lowest BCUT2D eigenvalue weighted by Crippen LogP contribution is -2.40. The molecule has 2 N–H and O–H groups in total. The van der Waals surface area contributed by atoms with E-state index in [1.807, 2.05) is 19.9 Å². The maximum atomic E-state index is 11.8. The second kappa shape index (κ2) is 3.87. The number of aromatic nitrogens is 1. The van der Waals surface area contributed by atoms with Gasteiger partial charge in [-0.1, -0.05) is 6.07 Å². The molecular formula is C12H16N2O2. The van der Waals surface area contributed by atoms with E-state index in [0.29, 0.717) is 5.69 Å². The van der Waals surface area contributed by atoms with Crippen molar-refractivity contribution in [3.63, 3.8) is 0 Å². The van der Waals surface area contributed by atoms with Gasteiger partial charge in [0.15, 0.2) is 0 Å². The average Bonchev–Trinajstić information content (AvgIpc) is 3.02. The third-order valence-electron chi connectivity index (χ3n) is 3.12. The summed E-state index contributed by atoms with van der Waals surface area (Å²) in [6.45, 7) is 3.84. The van der Waals surface area contributed by atoms with Gasteiger partial charge in [-0.2, -0.15) is 0 Å². The van der Waals surface area contributed by atoms with Gasteiger partial charge in [0.25, 0.3) is 5.91 Å². The number of nitrogens with zero attached hydrogens (tertiary/aromatic N) is 1. The predicted molar refractivity (Wildman–Crippen MR) is 60.2 cm³/mol. The van der Waals surface area contributed by atoms with Gasteiger partial charge in [-0.15, -0.1) is 0 Å². The van der Waals surface area contributed by atoms with Crippen LogP contribution in [0.1, 0.15) is 34.6 Å². The number of pyridine rings is 1. The molecule has 0 bridgehead atoms. The number of hydrogen-bond acceptors (Lipinski definition) is 3. The second-order valence-electron chi connectivity index (χ2n) is 4.49. The number of rotatable bonds is 3. The van der Waals surface area contributed by atoms with Crippen LogP contribution in [0.15, 0.2) is 12.1 Å². The summed E-state index contributed by atoms with van der Waals surface area (Å²) >= 11 is 0. The average molecular weight is 220 g/mol. The molecule has 1 fully saturated rings. The maximum absolute atomic E-state index is 11.8. The van der Waals surface area contributed by atoms with E-state index in [2.05, 4.69) is 10.3 Å². The van der Waals surface area contributed by atoms with Crippen LogP contribution in [0.5, 0.6) is 0 Å². The van der Waals surface area contributed by atoms with Crippen LogP contribution in [0, 0.1) is 13.8 Å². The molecule has 1 saturated carbocycles. The van der Waals surface area contributed by atoms with Crippen LogP contribution in [-0.2, 0) is 0 Å². The van der Waals surface area contributed by atoms with Crippen molar-refractivity contribution in [3.05, 3.63) is 29.1 Å². The molecule has 2 rings (SSSR count). The van der Waals surface area contributed by atoms with Crippen LogP contribution >= 0.6 is 0 Å². The van der Waals surface area contributed by atoms with Gasteiger partial charge < -0.3 is 10.4 Å². The summed E-state index contributed by atoms with van der Waals surface area (Å²) in [6.07, 6.45) is 1.69. The molecule has 0 radical (unpaired) electrons. The number of hydrogen-bond donors (Lipinski definition) is 2. The number of nitrogens with one attached hydrogen (secondary N) is 1. The quantitative estimate of drug-likeness (QED) is 0.797. The molecule has 1 heterocycles. The fraction of sp³-hybridized carbons (Fsp3) is 0.500. The predicted octanol–water partition coefficient (Wildman–Crippen LogP) is 0.953. The summed E-state index contributed by atoms with van der Waals surface area (Å²) < 4.78 is 0. The molecule has 16 heavy (non-hydrogen) atoms. The van der Waals surface area contributed by atoms with Gasteiger partial charge in [0, 0.05) is 5.69 Å². The zero-order valence-electron chi connectivity index (χ0n) is 9.58. The van der Waals surface area contributed by atoms with Crippen molar-refractivity contribution >= 4 is 5.91 Å². The molecule has 4 nitrogen and oxygen atoms in total. The van der Waals surface area contributed by atoms with Crippen LogP contribution in [0.2, 0.25) is 0 Å². The Balaban J connectivity index is 2.12. The first-order valence-corrected chi connectivity index (χ1v) is 5.44. The molecular weight excluding hydrogens is 204 g/mol. The minimum Gasteiger partial charge on any atom is -0.394 e. The Kier molecular flexibility index (Phi) is 2.68. The number of aliphatic hydroxyl groups is 1. The lowest BCUT2D eigenvalue weighted by molar-refractivity contribution is 0.0901. The summed E-state index contributed by atoms with van der Waals surface area (Å²) in [7, 11) is 0. The molecule has 1 aliphatic carbocycles. The zero-order valence-corrected chi connectivity index (χ0v) is 9.58. The van der Waals surface area contributed by atoms with Crippen molar-refractivity contribution in [1.29, 1.82) is 0 Å². The summed E-state index contributed by atoms with van der Waals surface area (Å²) in [6, 6.07) is 3.60. The third-order valence-corrected chi connectivity index (χ3v) is 3.12. The highest BCUT2D eigenvalue weighted by atomic mass is 16.3. The molecule has 1 aromatic heterocycles. The first-order chi connectivity index (χ1) is 7.56. The smallest absolute Gasteiger partial charge is 0.270 e. The van der Waals surface area contributed by atoms with E-state index in [-0.39, 0.29) is 18.1 Å². The third kappa shape index (κ3) is 2.07. The second-order valence-corrected chi connectivity index (χ2v) is 4.49. The Hall–Kier alpha value is -1.42. The van der Waals surface area contributed by atoms with Crippen molar-refractivity contribution < 1.29 is 9.90 Å². The number of aliphatic hydroxyl groups excluding tert-OH is 1. The standard InChI is InChI=1S/C12H16N2O2/c1-8-3-4-10(13-9(8)2)11(16)14-12(7-15)5-6-12/h3-4,15H,5-7H2,1-2H3,(H,14,16). The Labute approximate surface area is 94.7 Å². The van der Waals surface area contributed by atoms with Crippen molar-refractivity contribution in [3.8, 4) is 0 Å². The van der Waals surface area contributed by atoms with Crippen LogP contribution < -0.4 is 5.32 Å². The van der Waals surface area contributed by atoms with Gasteiger partial charge >= 0.3 is 0 Å². The first-order valence-electron chi connectivity index (χ1n) is 5.44. The normalized spacial score (nSPS) is 16.9. The molecule has 0 unspecified atom stereocenters. The number of carbonyl (C=O) groups is 1. The largest absolute Gasteiger partial charge is 0.394 e. The highest BCUT2D eigenvalue weighted by molar-refractivity contribution is 5.93. The zero-order chi connectivity index (χ0) is 11.8. The fourth-order valence-corrected chi connectivity index (χ4v) is 1.54. The van der Waals surface area contributed by atoms with Crippen molar-refractivity contribution in [1.82, 2.24) is 10.3 Å². The molecule has 86 valence electrons. The van der Waals surface area contributed by atoms with Crippen LogP contribution in [-0.4, -0.2) is 28.1 Å². The summed E-state index contributed by atoms with van der Waals surface area (Å²) in [4.78, 5) is 16.1. The van der Waals surface area contributed by atoms with Gasteiger partial charge in [0.1, 0.15) is 5.69 Å². The van der Waals surface area contributed by atoms with E-state index in [1.54, 1.807) is 6.07 Å². The lowest BCUT2D eigenvalue weighted by atomic mass is 10.2. The Bertz CT molecular complexity index is 425. The molecule has 0 atom stereocenters. The van der Waals surface area contributed by atoms with Crippen molar-refractivity contribution in [2.24, 2.45) is 0 Å². The number of carbonyl (C=O) groups excluding carboxylic acids is 1. The van der Waals surface area contributed by atoms with Crippen LogP contribution in [0.4, 0.5) is 0 Å². The summed E-state index contributed by atoms with van der Waals surface area (Å²) in [5.74, 6) is -0.199. The highest BCUT2D eigenvalue weighted by Gasteiger charge is 2.43. The minimum absolute atomic E-state index is 0.00356. The Morgan fingerprint density at radius 1 is 1.50 bits per heavy atom. The monoisotopic (exact) mass is 220 g/mol. The molecule has 1 amide bonds. The molecule has 0 aromatic carbocycles.